The third-order valence-corrected chi connectivity index (χ3v) is 2.94. The second kappa shape index (κ2) is 9.00. The predicted octanol–water partition coefficient (Wildman–Crippen LogP) is 2.19. The third kappa shape index (κ3) is 5.85. The van der Waals surface area contributed by atoms with Gasteiger partial charge in [-0.25, -0.2) is 0 Å². The van der Waals surface area contributed by atoms with Gasteiger partial charge in [0.15, 0.2) is 0 Å². The van der Waals surface area contributed by atoms with Crippen molar-refractivity contribution in [2.75, 3.05) is 26.2 Å². The van der Waals surface area contributed by atoms with Crippen molar-refractivity contribution in [3.8, 4) is 11.5 Å². The number of rotatable bonds is 9. The van der Waals surface area contributed by atoms with Gasteiger partial charge in [-0.1, -0.05) is 30.3 Å². The van der Waals surface area contributed by atoms with Crippen molar-refractivity contribution in [1.82, 2.24) is 5.32 Å². The lowest BCUT2D eigenvalue weighted by Crippen LogP contribution is -2.26. The summed E-state index contributed by atoms with van der Waals surface area (Å²) in [4.78, 5) is 0. The van der Waals surface area contributed by atoms with Gasteiger partial charge in [-0.3, -0.25) is 0 Å². The molecule has 2 aromatic rings. The summed E-state index contributed by atoms with van der Waals surface area (Å²) in [6, 6.07) is 17.8. The predicted molar refractivity (Wildman–Crippen MR) is 84.6 cm³/mol. The van der Waals surface area contributed by atoms with E-state index in [9.17, 15) is 0 Å². The van der Waals surface area contributed by atoms with Crippen LogP contribution >= 0.6 is 0 Å². The Morgan fingerprint density at radius 1 is 0.810 bits per heavy atom. The lowest BCUT2D eigenvalue weighted by Gasteiger charge is -2.09. The van der Waals surface area contributed by atoms with Crippen molar-refractivity contribution in [3.63, 3.8) is 0 Å². The Bertz CT molecular complexity index is 500. The van der Waals surface area contributed by atoms with Crippen LogP contribution in [0.2, 0.25) is 0 Å². The fourth-order valence-corrected chi connectivity index (χ4v) is 1.84. The molecule has 0 fully saturated rings. The van der Waals surface area contributed by atoms with E-state index in [-0.39, 0.29) is 0 Å². The van der Waals surface area contributed by atoms with Crippen LogP contribution in [0, 0.1) is 0 Å². The summed E-state index contributed by atoms with van der Waals surface area (Å²) in [6.07, 6.45) is 0. The Labute approximate surface area is 125 Å². The average molecular weight is 286 g/mol. The van der Waals surface area contributed by atoms with E-state index in [1.807, 2.05) is 54.6 Å². The van der Waals surface area contributed by atoms with Gasteiger partial charge >= 0.3 is 0 Å². The monoisotopic (exact) mass is 286 g/mol. The molecule has 0 aliphatic heterocycles. The fraction of sp³-hybridized carbons (Fsp3) is 0.294. The van der Waals surface area contributed by atoms with Gasteiger partial charge in [0.1, 0.15) is 24.7 Å². The lowest BCUT2D eigenvalue weighted by molar-refractivity contribution is 0.301. The van der Waals surface area contributed by atoms with Crippen molar-refractivity contribution in [3.05, 3.63) is 60.2 Å². The summed E-state index contributed by atoms with van der Waals surface area (Å²) in [5.41, 5.74) is 6.55. The molecule has 0 heterocycles. The van der Waals surface area contributed by atoms with Crippen LogP contribution in [-0.2, 0) is 6.61 Å². The topological polar surface area (TPSA) is 56.5 Å². The van der Waals surface area contributed by atoms with Crippen LogP contribution in [0.15, 0.2) is 54.6 Å². The normalized spacial score (nSPS) is 10.3. The first-order chi connectivity index (χ1) is 10.4. The van der Waals surface area contributed by atoms with E-state index in [0.717, 1.165) is 30.2 Å². The SMILES string of the molecule is NCCNCCOc1ccc(OCc2ccccc2)cc1. The van der Waals surface area contributed by atoms with Crippen LogP contribution in [0.5, 0.6) is 11.5 Å². The summed E-state index contributed by atoms with van der Waals surface area (Å²) in [7, 11) is 0. The second-order valence-corrected chi connectivity index (χ2v) is 4.63. The van der Waals surface area contributed by atoms with Crippen LogP contribution in [0.4, 0.5) is 0 Å². The molecule has 0 radical (unpaired) electrons. The quantitative estimate of drug-likeness (QED) is 0.694. The number of hydrogen-bond donors (Lipinski definition) is 2. The summed E-state index contributed by atoms with van der Waals surface area (Å²) >= 11 is 0. The Balaban J connectivity index is 1.71. The maximum atomic E-state index is 5.72. The molecule has 112 valence electrons. The minimum atomic E-state index is 0.573. The van der Waals surface area contributed by atoms with Crippen LogP contribution < -0.4 is 20.5 Å². The molecule has 2 rings (SSSR count). The smallest absolute Gasteiger partial charge is 0.120 e. The zero-order chi connectivity index (χ0) is 14.8. The van der Waals surface area contributed by atoms with Crippen LogP contribution in [0.3, 0.4) is 0 Å². The van der Waals surface area contributed by atoms with E-state index in [1.165, 1.54) is 0 Å². The van der Waals surface area contributed by atoms with Gasteiger partial charge in [0.05, 0.1) is 0 Å². The van der Waals surface area contributed by atoms with Gasteiger partial charge in [-0.15, -0.1) is 0 Å². The van der Waals surface area contributed by atoms with Crippen molar-refractivity contribution in [2.45, 2.75) is 6.61 Å². The van der Waals surface area contributed by atoms with E-state index in [2.05, 4.69) is 5.32 Å². The van der Waals surface area contributed by atoms with E-state index in [0.29, 0.717) is 19.8 Å². The third-order valence-electron chi connectivity index (χ3n) is 2.94. The molecule has 4 heteroatoms. The summed E-state index contributed by atoms with van der Waals surface area (Å²) in [5.74, 6) is 1.68. The Morgan fingerprint density at radius 2 is 1.48 bits per heavy atom. The molecule has 0 saturated carbocycles. The van der Waals surface area contributed by atoms with Gasteiger partial charge in [0, 0.05) is 19.6 Å². The van der Waals surface area contributed by atoms with E-state index in [4.69, 9.17) is 15.2 Å². The van der Waals surface area contributed by atoms with Crippen LogP contribution in [-0.4, -0.2) is 26.2 Å². The largest absolute Gasteiger partial charge is 0.492 e. The Kier molecular flexibility index (Phi) is 6.58. The van der Waals surface area contributed by atoms with Crippen LogP contribution in [0.25, 0.3) is 0 Å². The summed E-state index contributed by atoms with van der Waals surface area (Å²) in [5, 5.41) is 3.18. The van der Waals surface area contributed by atoms with Crippen molar-refractivity contribution in [2.24, 2.45) is 5.73 Å². The van der Waals surface area contributed by atoms with Crippen molar-refractivity contribution < 1.29 is 9.47 Å². The van der Waals surface area contributed by atoms with E-state index in [1.54, 1.807) is 0 Å². The van der Waals surface area contributed by atoms with Gasteiger partial charge < -0.3 is 20.5 Å². The van der Waals surface area contributed by atoms with Crippen molar-refractivity contribution in [1.29, 1.82) is 0 Å². The van der Waals surface area contributed by atoms with Crippen molar-refractivity contribution >= 4 is 0 Å². The molecular weight excluding hydrogens is 264 g/mol. The molecule has 4 nitrogen and oxygen atoms in total. The minimum absolute atomic E-state index is 0.573. The molecule has 0 aliphatic rings. The number of nitrogens with two attached hydrogens (primary N) is 1. The number of hydrogen-bond acceptors (Lipinski definition) is 4. The molecule has 0 saturated heterocycles. The minimum Gasteiger partial charge on any atom is -0.492 e. The first-order valence-corrected chi connectivity index (χ1v) is 7.19. The molecule has 0 spiro atoms. The fourth-order valence-electron chi connectivity index (χ4n) is 1.84. The highest BCUT2D eigenvalue weighted by Crippen LogP contribution is 2.18. The molecule has 0 aromatic heterocycles. The first-order valence-electron chi connectivity index (χ1n) is 7.19. The number of benzene rings is 2. The molecule has 0 aliphatic carbocycles. The summed E-state index contributed by atoms with van der Waals surface area (Å²) < 4.78 is 11.3. The molecule has 0 bridgehead atoms. The molecule has 0 unspecified atom stereocenters. The Morgan fingerprint density at radius 3 is 2.14 bits per heavy atom. The molecule has 0 atom stereocenters. The van der Waals surface area contributed by atoms with Gasteiger partial charge in [0.2, 0.25) is 0 Å². The highest BCUT2D eigenvalue weighted by molar-refractivity contribution is 5.31. The maximum Gasteiger partial charge on any atom is 0.120 e. The molecule has 0 amide bonds. The molecule has 21 heavy (non-hydrogen) atoms. The Hall–Kier alpha value is -2.04. The average Bonchev–Trinajstić information content (AvgIpc) is 2.55. The van der Waals surface area contributed by atoms with E-state index >= 15 is 0 Å². The van der Waals surface area contributed by atoms with E-state index < -0.39 is 0 Å². The zero-order valence-electron chi connectivity index (χ0n) is 12.1. The van der Waals surface area contributed by atoms with Gasteiger partial charge in [0.25, 0.3) is 0 Å². The highest BCUT2D eigenvalue weighted by Gasteiger charge is 1.97. The second-order valence-electron chi connectivity index (χ2n) is 4.63. The molecule has 2 aromatic carbocycles. The molecular formula is C17H22N2O2. The first kappa shape index (κ1) is 15.4. The maximum absolute atomic E-state index is 5.72. The standard InChI is InChI=1S/C17H22N2O2/c18-10-11-19-12-13-20-16-6-8-17(9-7-16)21-14-15-4-2-1-3-5-15/h1-9,19H,10-14,18H2. The van der Waals surface area contributed by atoms with Crippen LogP contribution in [0.1, 0.15) is 5.56 Å². The summed E-state index contributed by atoms with van der Waals surface area (Å²) in [6.45, 7) is 3.46. The number of ether oxygens (including phenoxy) is 2. The lowest BCUT2D eigenvalue weighted by atomic mass is 10.2. The highest BCUT2D eigenvalue weighted by atomic mass is 16.5. The zero-order valence-corrected chi connectivity index (χ0v) is 12.1. The van der Waals surface area contributed by atoms with Gasteiger partial charge in [-0.05, 0) is 29.8 Å². The molecule has 3 N–H and O–H groups in total. The number of nitrogens with one attached hydrogen (secondary N) is 1. The van der Waals surface area contributed by atoms with Gasteiger partial charge in [-0.2, -0.15) is 0 Å².